The summed E-state index contributed by atoms with van der Waals surface area (Å²) in [6.07, 6.45) is 0.407. The van der Waals surface area contributed by atoms with Gasteiger partial charge in [-0.15, -0.1) is 11.3 Å². The minimum atomic E-state index is -3.46. The van der Waals surface area contributed by atoms with Crippen LogP contribution in [-0.4, -0.2) is 29.5 Å². The molecule has 0 radical (unpaired) electrons. The van der Waals surface area contributed by atoms with E-state index in [1.807, 2.05) is 20.8 Å². The summed E-state index contributed by atoms with van der Waals surface area (Å²) in [5.74, 6) is 0.0101. The zero-order chi connectivity index (χ0) is 20.5. The van der Waals surface area contributed by atoms with Crippen LogP contribution in [0.15, 0.2) is 39.1 Å². The first-order valence-corrected chi connectivity index (χ1v) is 12.3. The van der Waals surface area contributed by atoms with Gasteiger partial charge in [-0.1, -0.05) is 11.8 Å². The molecule has 0 spiro atoms. The summed E-state index contributed by atoms with van der Waals surface area (Å²) in [6.45, 7) is 6.31. The fourth-order valence-corrected chi connectivity index (χ4v) is 6.44. The summed E-state index contributed by atoms with van der Waals surface area (Å²) in [7, 11) is -3.46. The van der Waals surface area contributed by atoms with Gasteiger partial charge >= 0.3 is 0 Å². The SMILES string of the molecule is CCn1c(SCCCS(=O)(=O)c2ccc(F)cc2)nc2sc(C)c(C)c2c1=O. The number of halogens is 1. The van der Waals surface area contributed by atoms with Gasteiger partial charge in [0.2, 0.25) is 0 Å². The van der Waals surface area contributed by atoms with Crippen molar-refractivity contribution < 1.29 is 12.8 Å². The lowest BCUT2D eigenvalue weighted by Crippen LogP contribution is -2.22. The molecular formula is C19H21FN2O3S3. The Balaban J connectivity index is 1.73. The Labute approximate surface area is 171 Å². The summed E-state index contributed by atoms with van der Waals surface area (Å²) >= 11 is 2.89. The van der Waals surface area contributed by atoms with Crippen LogP contribution in [-0.2, 0) is 16.4 Å². The van der Waals surface area contributed by atoms with Crippen molar-refractivity contribution in [3.05, 3.63) is 50.9 Å². The Morgan fingerprint density at radius 2 is 1.89 bits per heavy atom. The highest BCUT2D eigenvalue weighted by Gasteiger charge is 2.17. The van der Waals surface area contributed by atoms with Gasteiger partial charge in [0, 0.05) is 17.2 Å². The highest BCUT2D eigenvalue weighted by Crippen LogP contribution is 2.28. The van der Waals surface area contributed by atoms with Crippen molar-refractivity contribution >= 4 is 43.2 Å². The van der Waals surface area contributed by atoms with E-state index >= 15 is 0 Å². The third-order valence-electron chi connectivity index (χ3n) is 4.53. The third kappa shape index (κ3) is 4.16. The second kappa shape index (κ2) is 8.34. The quantitative estimate of drug-likeness (QED) is 0.238. The highest BCUT2D eigenvalue weighted by atomic mass is 32.2. The molecule has 1 aromatic carbocycles. The standard InChI is InChI=1S/C19H21FN2O3S3/c1-4-22-18(23)16-12(2)13(3)27-17(16)21-19(22)26-10-5-11-28(24,25)15-8-6-14(20)7-9-15/h6-9H,4-5,10-11H2,1-3H3. The predicted molar refractivity (Wildman–Crippen MR) is 113 cm³/mol. The molecule has 0 atom stereocenters. The number of benzene rings is 1. The lowest BCUT2D eigenvalue weighted by molar-refractivity contribution is 0.593. The third-order valence-corrected chi connectivity index (χ3v) is 8.51. The summed E-state index contributed by atoms with van der Waals surface area (Å²) < 4.78 is 39.3. The van der Waals surface area contributed by atoms with E-state index < -0.39 is 15.7 Å². The molecular weight excluding hydrogens is 419 g/mol. The number of fused-ring (bicyclic) bond motifs is 1. The fourth-order valence-electron chi connectivity index (χ4n) is 2.87. The minimum Gasteiger partial charge on any atom is -0.287 e. The molecule has 0 bridgehead atoms. The molecule has 3 aromatic rings. The van der Waals surface area contributed by atoms with Crippen LogP contribution in [0.4, 0.5) is 4.39 Å². The second-order valence-electron chi connectivity index (χ2n) is 6.38. The number of aromatic nitrogens is 2. The van der Waals surface area contributed by atoms with Crippen LogP contribution in [0.5, 0.6) is 0 Å². The van der Waals surface area contributed by atoms with Crippen LogP contribution < -0.4 is 5.56 Å². The zero-order valence-electron chi connectivity index (χ0n) is 15.9. The molecule has 9 heteroatoms. The van der Waals surface area contributed by atoms with E-state index in [9.17, 15) is 17.6 Å². The van der Waals surface area contributed by atoms with Crippen LogP contribution in [0.25, 0.3) is 10.2 Å². The van der Waals surface area contributed by atoms with Crippen LogP contribution in [0, 0.1) is 19.7 Å². The normalized spacial score (nSPS) is 12.0. The fraction of sp³-hybridized carbons (Fsp3) is 0.368. The number of hydrogen-bond donors (Lipinski definition) is 0. The highest BCUT2D eigenvalue weighted by molar-refractivity contribution is 7.99. The lowest BCUT2D eigenvalue weighted by atomic mass is 10.2. The molecule has 3 rings (SSSR count). The molecule has 0 N–H and O–H groups in total. The van der Waals surface area contributed by atoms with Gasteiger partial charge in [-0.05, 0) is 57.0 Å². The number of thiophene rings is 1. The van der Waals surface area contributed by atoms with Gasteiger partial charge in [0.1, 0.15) is 10.6 Å². The molecule has 150 valence electrons. The van der Waals surface area contributed by atoms with Gasteiger partial charge < -0.3 is 0 Å². The summed E-state index contributed by atoms with van der Waals surface area (Å²) in [5.41, 5.74) is 0.928. The van der Waals surface area contributed by atoms with Gasteiger partial charge in [-0.2, -0.15) is 0 Å². The number of nitrogens with zero attached hydrogens (tertiary/aromatic N) is 2. The van der Waals surface area contributed by atoms with Gasteiger partial charge in [-0.25, -0.2) is 17.8 Å². The van der Waals surface area contributed by atoms with Crippen LogP contribution >= 0.6 is 23.1 Å². The van der Waals surface area contributed by atoms with Crippen molar-refractivity contribution in [1.82, 2.24) is 9.55 Å². The number of aryl methyl sites for hydroxylation is 2. The monoisotopic (exact) mass is 440 g/mol. The average molecular weight is 441 g/mol. The maximum Gasteiger partial charge on any atom is 0.263 e. The average Bonchev–Trinajstić information content (AvgIpc) is 2.93. The Morgan fingerprint density at radius 3 is 2.54 bits per heavy atom. The van der Waals surface area contributed by atoms with Crippen molar-refractivity contribution in [2.45, 2.75) is 43.8 Å². The maximum absolute atomic E-state index is 13.0. The first-order chi connectivity index (χ1) is 13.2. The summed E-state index contributed by atoms with van der Waals surface area (Å²) in [4.78, 5) is 19.4. The molecule has 0 fully saturated rings. The van der Waals surface area contributed by atoms with E-state index in [0.717, 1.165) is 27.4 Å². The Kier molecular flexibility index (Phi) is 6.26. The van der Waals surface area contributed by atoms with Crippen LogP contribution in [0.3, 0.4) is 0 Å². The molecule has 0 aliphatic heterocycles. The molecule has 5 nitrogen and oxygen atoms in total. The largest absolute Gasteiger partial charge is 0.287 e. The first kappa shape index (κ1) is 21.0. The summed E-state index contributed by atoms with van der Waals surface area (Å²) in [5, 5.41) is 1.29. The number of sulfone groups is 1. The topological polar surface area (TPSA) is 69.0 Å². The molecule has 0 aliphatic rings. The summed E-state index contributed by atoms with van der Waals surface area (Å²) in [6, 6.07) is 4.85. The Morgan fingerprint density at radius 1 is 1.21 bits per heavy atom. The lowest BCUT2D eigenvalue weighted by Gasteiger charge is -2.10. The number of thioether (sulfide) groups is 1. The molecule has 0 saturated heterocycles. The van der Waals surface area contributed by atoms with Crippen molar-refractivity contribution in [2.24, 2.45) is 0 Å². The van der Waals surface area contributed by atoms with Crippen molar-refractivity contribution in [1.29, 1.82) is 0 Å². The number of rotatable bonds is 7. The number of hydrogen-bond acceptors (Lipinski definition) is 6. The second-order valence-corrected chi connectivity index (χ2v) is 10.8. The van der Waals surface area contributed by atoms with Gasteiger partial charge in [0.05, 0.1) is 16.0 Å². The minimum absolute atomic E-state index is 0.0402. The van der Waals surface area contributed by atoms with Crippen LogP contribution in [0.2, 0.25) is 0 Å². The predicted octanol–water partition coefficient (Wildman–Crippen LogP) is 4.19. The first-order valence-electron chi connectivity index (χ1n) is 8.86. The van der Waals surface area contributed by atoms with E-state index in [4.69, 9.17) is 0 Å². The van der Waals surface area contributed by atoms with E-state index in [-0.39, 0.29) is 16.2 Å². The zero-order valence-corrected chi connectivity index (χ0v) is 18.3. The molecule has 0 unspecified atom stereocenters. The van der Waals surface area contributed by atoms with E-state index in [2.05, 4.69) is 4.98 Å². The van der Waals surface area contributed by atoms with Crippen LogP contribution in [0.1, 0.15) is 23.8 Å². The molecule has 0 amide bonds. The Bertz CT molecular complexity index is 1170. The maximum atomic E-state index is 13.0. The van der Waals surface area contributed by atoms with Gasteiger partial charge in [0.25, 0.3) is 5.56 Å². The molecule has 0 saturated carbocycles. The van der Waals surface area contributed by atoms with Crippen molar-refractivity contribution in [3.8, 4) is 0 Å². The Hall–Kier alpha value is -1.71. The van der Waals surface area contributed by atoms with E-state index in [0.29, 0.717) is 29.3 Å². The van der Waals surface area contributed by atoms with Gasteiger partial charge in [0.15, 0.2) is 15.0 Å². The van der Waals surface area contributed by atoms with Crippen molar-refractivity contribution in [2.75, 3.05) is 11.5 Å². The molecule has 0 aliphatic carbocycles. The van der Waals surface area contributed by atoms with Crippen molar-refractivity contribution in [3.63, 3.8) is 0 Å². The van der Waals surface area contributed by atoms with Gasteiger partial charge in [-0.3, -0.25) is 9.36 Å². The molecule has 28 heavy (non-hydrogen) atoms. The van der Waals surface area contributed by atoms with E-state index in [1.165, 1.54) is 35.2 Å². The molecule has 2 aromatic heterocycles. The molecule has 2 heterocycles. The van der Waals surface area contributed by atoms with E-state index in [1.54, 1.807) is 4.57 Å². The smallest absolute Gasteiger partial charge is 0.263 e.